The quantitative estimate of drug-likeness (QED) is 0.687. The Balaban J connectivity index is 2.03. The summed E-state index contributed by atoms with van der Waals surface area (Å²) in [5, 5.41) is 0. The van der Waals surface area contributed by atoms with Crippen LogP contribution < -0.4 is 0 Å². The molecule has 0 radical (unpaired) electrons. The van der Waals surface area contributed by atoms with Gasteiger partial charge in [0, 0.05) is 14.2 Å². The Kier molecular flexibility index (Phi) is 7.26. The molecule has 2 aromatic carbocycles. The maximum Gasteiger partial charge on any atom is 0.509 e. The predicted molar refractivity (Wildman–Crippen MR) is 89.7 cm³/mol. The van der Waals surface area contributed by atoms with E-state index in [1.807, 2.05) is 60.7 Å². The van der Waals surface area contributed by atoms with E-state index in [9.17, 15) is 4.79 Å². The molecule has 24 heavy (non-hydrogen) atoms. The zero-order valence-corrected chi connectivity index (χ0v) is 13.9. The van der Waals surface area contributed by atoms with Crippen molar-refractivity contribution in [1.82, 2.24) is 0 Å². The summed E-state index contributed by atoms with van der Waals surface area (Å²) in [5.74, 6) is 0. The van der Waals surface area contributed by atoms with Crippen LogP contribution in [0.15, 0.2) is 60.7 Å². The molecule has 128 valence electrons. The number of methoxy groups -OCH3 is 2. The van der Waals surface area contributed by atoms with E-state index in [4.69, 9.17) is 18.9 Å². The fourth-order valence-corrected chi connectivity index (χ4v) is 2.29. The first-order valence-electron chi connectivity index (χ1n) is 7.69. The Morgan fingerprint density at radius 1 is 0.750 bits per heavy atom. The first kappa shape index (κ1) is 18.0. The summed E-state index contributed by atoms with van der Waals surface area (Å²) < 4.78 is 21.1. The molecule has 2 aromatic rings. The van der Waals surface area contributed by atoms with Gasteiger partial charge in [-0.3, -0.25) is 0 Å². The molecule has 0 bridgehead atoms. The average Bonchev–Trinajstić information content (AvgIpc) is 2.62. The van der Waals surface area contributed by atoms with Gasteiger partial charge in [0.2, 0.25) is 0 Å². The minimum atomic E-state index is -0.758. The van der Waals surface area contributed by atoms with Crippen LogP contribution in [0.3, 0.4) is 0 Å². The van der Waals surface area contributed by atoms with Crippen LogP contribution in [-0.2, 0) is 18.9 Å². The van der Waals surface area contributed by atoms with E-state index in [2.05, 4.69) is 0 Å². The second kappa shape index (κ2) is 9.70. The minimum Gasteiger partial charge on any atom is -0.424 e. The zero-order valence-electron chi connectivity index (χ0n) is 13.9. The number of carbonyl (C=O) groups is 1. The molecule has 0 N–H and O–H groups in total. The minimum absolute atomic E-state index is 0.249. The largest absolute Gasteiger partial charge is 0.509 e. The molecule has 0 saturated carbocycles. The summed E-state index contributed by atoms with van der Waals surface area (Å²) in [4.78, 5) is 12.2. The highest BCUT2D eigenvalue weighted by Gasteiger charge is 2.22. The summed E-state index contributed by atoms with van der Waals surface area (Å²) in [5.41, 5.74) is 1.69. The van der Waals surface area contributed by atoms with Crippen LogP contribution >= 0.6 is 0 Å². The molecule has 0 aromatic heterocycles. The predicted octanol–water partition coefficient (Wildman–Crippen LogP) is 3.92. The molecular weight excluding hydrogens is 308 g/mol. The Morgan fingerprint density at radius 2 is 1.12 bits per heavy atom. The number of hydrogen-bond acceptors (Lipinski definition) is 5. The molecule has 0 aliphatic heterocycles. The number of carbonyl (C=O) groups excluding carboxylic acids is 1. The molecule has 2 rings (SSSR count). The number of benzene rings is 2. The fraction of sp³-hybridized carbons (Fsp3) is 0.316. The third kappa shape index (κ3) is 5.37. The van der Waals surface area contributed by atoms with Gasteiger partial charge in [-0.05, 0) is 11.1 Å². The van der Waals surface area contributed by atoms with Crippen LogP contribution in [0.25, 0.3) is 0 Å². The third-order valence-corrected chi connectivity index (χ3v) is 3.46. The fourth-order valence-electron chi connectivity index (χ4n) is 2.29. The lowest BCUT2D eigenvalue weighted by atomic mass is 10.1. The smallest absolute Gasteiger partial charge is 0.424 e. The van der Waals surface area contributed by atoms with Crippen molar-refractivity contribution in [3.63, 3.8) is 0 Å². The van der Waals surface area contributed by atoms with Gasteiger partial charge < -0.3 is 18.9 Å². The molecule has 0 saturated heterocycles. The molecule has 0 aliphatic rings. The second-order valence-electron chi connectivity index (χ2n) is 5.20. The Bertz CT molecular complexity index is 546. The van der Waals surface area contributed by atoms with Crippen LogP contribution in [0.4, 0.5) is 4.79 Å². The van der Waals surface area contributed by atoms with Crippen molar-refractivity contribution in [2.45, 2.75) is 12.2 Å². The van der Waals surface area contributed by atoms with Crippen LogP contribution in [0.2, 0.25) is 0 Å². The molecular formula is C19H22O5. The zero-order chi connectivity index (χ0) is 17.2. The molecule has 0 spiro atoms. The van der Waals surface area contributed by atoms with E-state index in [0.29, 0.717) is 0 Å². The van der Waals surface area contributed by atoms with E-state index in [1.54, 1.807) is 14.2 Å². The maximum atomic E-state index is 12.2. The summed E-state index contributed by atoms with van der Waals surface area (Å²) in [7, 11) is 3.12. The van der Waals surface area contributed by atoms with Crippen LogP contribution in [-0.4, -0.2) is 33.6 Å². The first-order valence-corrected chi connectivity index (χ1v) is 7.69. The Hall–Kier alpha value is -2.37. The van der Waals surface area contributed by atoms with Gasteiger partial charge in [-0.1, -0.05) is 60.7 Å². The standard InChI is InChI=1S/C19H22O5/c1-21-13-17(15-9-5-3-6-10-15)23-19(20)24-18(14-22-2)16-11-7-4-8-12-16/h3-12,17-18H,13-14H2,1-2H3. The Morgan fingerprint density at radius 3 is 1.46 bits per heavy atom. The highest BCUT2D eigenvalue weighted by atomic mass is 16.7. The van der Waals surface area contributed by atoms with Crippen LogP contribution in [0.1, 0.15) is 23.3 Å². The van der Waals surface area contributed by atoms with Crippen molar-refractivity contribution in [3.05, 3.63) is 71.8 Å². The number of hydrogen-bond donors (Lipinski definition) is 0. The molecule has 0 heterocycles. The molecule has 5 heteroatoms. The molecule has 2 unspecified atom stereocenters. The maximum absolute atomic E-state index is 12.2. The van der Waals surface area contributed by atoms with Crippen molar-refractivity contribution in [2.24, 2.45) is 0 Å². The number of ether oxygens (including phenoxy) is 4. The SMILES string of the molecule is COCC(OC(=O)OC(COC)c1ccccc1)c1ccccc1. The topological polar surface area (TPSA) is 54.0 Å². The van der Waals surface area contributed by atoms with Crippen molar-refractivity contribution in [1.29, 1.82) is 0 Å². The summed E-state index contributed by atoms with van der Waals surface area (Å²) in [6, 6.07) is 18.8. The highest BCUT2D eigenvalue weighted by molar-refractivity contribution is 5.61. The lowest BCUT2D eigenvalue weighted by Gasteiger charge is -2.21. The Labute approximate surface area is 142 Å². The molecule has 0 amide bonds. The van der Waals surface area contributed by atoms with E-state index in [0.717, 1.165) is 11.1 Å². The van der Waals surface area contributed by atoms with Gasteiger partial charge in [-0.25, -0.2) is 4.79 Å². The van der Waals surface area contributed by atoms with E-state index < -0.39 is 18.4 Å². The van der Waals surface area contributed by atoms with Crippen LogP contribution in [0, 0.1) is 0 Å². The molecule has 2 atom stereocenters. The van der Waals surface area contributed by atoms with Crippen molar-refractivity contribution in [2.75, 3.05) is 27.4 Å². The van der Waals surface area contributed by atoms with E-state index in [1.165, 1.54) is 0 Å². The first-order chi connectivity index (χ1) is 11.7. The van der Waals surface area contributed by atoms with Crippen molar-refractivity contribution >= 4 is 6.16 Å². The van der Waals surface area contributed by atoms with Gasteiger partial charge in [0.1, 0.15) is 0 Å². The normalized spacial score (nSPS) is 13.1. The van der Waals surface area contributed by atoms with Gasteiger partial charge in [0.25, 0.3) is 0 Å². The monoisotopic (exact) mass is 330 g/mol. The van der Waals surface area contributed by atoms with E-state index >= 15 is 0 Å². The van der Waals surface area contributed by atoms with Gasteiger partial charge in [-0.15, -0.1) is 0 Å². The van der Waals surface area contributed by atoms with Gasteiger partial charge >= 0.3 is 6.16 Å². The highest BCUT2D eigenvalue weighted by Crippen LogP contribution is 2.22. The lowest BCUT2D eigenvalue weighted by Crippen LogP contribution is -2.21. The van der Waals surface area contributed by atoms with Crippen molar-refractivity contribution < 1.29 is 23.7 Å². The number of rotatable bonds is 8. The molecule has 0 fully saturated rings. The summed E-state index contributed by atoms with van der Waals surface area (Å²) in [6.45, 7) is 0.499. The van der Waals surface area contributed by atoms with E-state index in [-0.39, 0.29) is 13.2 Å². The van der Waals surface area contributed by atoms with Gasteiger partial charge in [0.05, 0.1) is 13.2 Å². The molecule has 0 aliphatic carbocycles. The summed E-state index contributed by atoms with van der Waals surface area (Å²) in [6.07, 6.45) is -1.81. The second-order valence-corrected chi connectivity index (χ2v) is 5.20. The van der Waals surface area contributed by atoms with Gasteiger partial charge in [0.15, 0.2) is 12.2 Å². The molecule has 5 nitrogen and oxygen atoms in total. The van der Waals surface area contributed by atoms with Gasteiger partial charge in [-0.2, -0.15) is 0 Å². The average molecular weight is 330 g/mol. The van der Waals surface area contributed by atoms with Crippen LogP contribution in [0.5, 0.6) is 0 Å². The van der Waals surface area contributed by atoms with Crippen molar-refractivity contribution in [3.8, 4) is 0 Å². The summed E-state index contributed by atoms with van der Waals surface area (Å²) >= 11 is 0. The third-order valence-electron chi connectivity index (χ3n) is 3.46. The lowest BCUT2D eigenvalue weighted by molar-refractivity contribution is -0.0403.